The molecule has 1 heterocycles. The third kappa shape index (κ3) is 4.45. The second-order valence-corrected chi connectivity index (χ2v) is 8.37. The van der Waals surface area contributed by atoms with Crippen LogP contribution in [0, 0.1) is 11.3 Å². The van der Waals surface area contributed by atoms with Crippen LogP contribution >= 0.6 is 11.6 Å². The summed E-state index contributed by atoms with van der Waals surface area (Å²) in [5.74, 6) is 0.987. The molecule has 0 N–H and O–H groups in total. The predicted octanol–water partition coefficient (Wildman–Crippen LogP) is 5.09. The van der Waals surface area contributed by atoms with Gasteiger partial charge in [-0.3, -0.25) is 4.79 Å². The van der Waals surface area contributed by atoms with E-state index in [1.165, 1.54) is 0 Å². The van der Waals surface area contributed by atoms with Crippen LogP contribution in [0.4, 0.5) is 0 Å². The Morgan fingerprint density at radius 2 is 1.87 bits per heavy atom. The lowest BCUT2D eigenvalue weighted by Crippen LogP contribution is -2.48. The predicted molar refractivity (Wildman–Crippen MR) is 117 cm³/mol. The van der Waals surface area contributed by atoms with E-state index >= 15 is 0 Å². The van der Waals surface area contributed by atoms with E-state index in [2.05, 4.69) is 22.8 Å². The molecular formula is C24H26ClN3O2. The molecule has 6 heteroatoms. The maximum absolute atomic E-state index is 13.4. The second-order valence-electron chi connectivity index (χ2n) is 7.96. The molecule has 156 valence electrons. The van der Waals surface area contributed by atoms with E-state index < -0.39 is 0 Å². The van der Waals surface area contributed by atoms with Gasteiger partial charge in [0.1, 0.15) is 23.1 Å². The zero-order valence-corrected chi connectivity index (χ0v) is 17.9. The van der Waals surface area contributed by atoms with Crippen molar-refractivity contribution in [3.8, 4) is 17.6 Å². The highest BCUT2D eigenvalue weighted by molar-refractivity contribution is 6.31. The van der Waals surface area contributed by atoms with Crippen LogP contribution in [0.2, 0.25) is 5.02 Å². The summed E-state index contributed by atoms with van der Waals surface area (Å²) in [6.45, 7) is 5.35. The van der Waals surface area contributed by atoms with E-state index in [0.717, 1.165) is 45.3 Å². The molecule has 1 saturated carbocycles. The van der Waals surface area contributed by atoms with Gasteiger partial charge in [0.2, 0.25) is 0 Å². The summed E-state index contributed by atoms with van der Waals surface area (Å²) in [6.07, 6.45) is 4.23. The van der Waals surface area contributed by atoms with Gasteiger partial charge in [0, 0.05) is 30.7 Å². The summed E-state index contributed by atoms with van der Waals surface area (Å²) in [5, 5.41) is 9.71. The summed E-state index contributed by atoms with van der Waals surface area (Å²) < 4.78 is 5.92. The molecule has 2 aromatic rings. The lowest BCUT2D eigenvalue weighted by Gasteiger charge is -2.38. The molecule has 4 rings (SSSR count). The van der Waals surface area contributed by atoms with E-state index in [1.54, 1.807) is 30.3 Å². The Hall–Kier alpha value is -2.55. The molecule has 0 radical (unpaired) electrons. The largest absolute Gasteiger partial charge is 0.456 e. The Balaban J connectivity index is 1.53. The smallest absolute Gasteiger partial charge is 0.254 e. The van der Waals surface area contributed by atoms with Crippen LogP contribution in [0.1, 0.15) is 48.5 Å². The molecule has 30 heavy (non-hydrogen) atoms. The highest BCUT2D eigenvalue weighted by Gasteiger charge is 2.38. The number of carbonyl (C=O) groups is 1. The van der Waals surface area contributed by atoms with Gasteiger partial charge >= 0.3 is 0 Å². The molecule has 1 aliphatic carbocycles. The van der Waals surface area contributed by atoms with Crippen LogP contribution in [0.5, 0.6) is 11.5 Å². The number of piperidine rings is 1. The Morgan fingerprint density at radius 1 is 1.17 bits per heavy atom. The molecule has 2 aliphatic rings. The molecule has 1 aliphatic heterocycles. The molecule has 1 amide bonds. The summed E-state index contributed by atoms with van der Waals surface area (Å²) >= 11 is 6.10. The number of ether oxygens (including phenoxy) is 1. The normalized spacial score (nSPS) is 17.4. The van der Waals surface area contributed by atoms with E-state index in [4.69, 9.17) is 16.3 Å². The molecule has 0 spiro atoms. The van der Waals surface area contributed by atoms with Crippen molar-refractivity contribution in [3.63, 3.8) is 0 Å². The fourth-order valence-corrected chi connectivity index (χ4v) is 4.37. The topological polar surface area (TPSA) is 56.6 Å². The Morgan fingerprint density at radius 3 is 2.53 bits per heavy atom. The SMILES string of the molecule is CCN1CCC(N(C(=O)c2cccc(Oc3cccc(Cl)c3C#N)c2)C2CC2)CC1. The number of rotatable bonds is 6. The zero-order valence-electron chi connectivity index (χ0n) is 17.2. The first-order valence-electron chi connectivity index (χ1n) is 10.6. The van der Waals surface area contributed by atoms with Crippen molar-refractivity contribution in [1.82, 2.24) is 9.80 Å². The monoisotopic (exact) mass is 423 g/mol. The van der Waals surface area contributed by atoms with Crippen molar-refractivity contribution in [2.24, 2.45) is 0 Å². The minimum atomic E-state index is 0.0736. The maximum Gasteiger partial charge on any atom is 0.254 e. The molecule has 1 saturated heterocycles. The minimum absolute atomic E-state index is 0.0736. The molecular weight excluding hydrogens is 398 g/mol. The number of amides is 1. The lowest BCUT2D eigenvalue weighted by molar-refractivity contribution is 0.0554. The van der Waals surface area contributed by atoms with E-state index in [0.29, 0.717) is 34.2 Å². The first-order valence-corrected chi connectivity index (χ1v) is 11.0. The van der Waals surface area contributed by atoms with Crippen molar-refractivity contribution >= 4 is 17.5 Å². The number of nitriles is 1. The van der Waals surface area contributed by atoms with Gasteiger partial charge in [-0.1, -0.05) is 30.7 Å². The van der Waals surface area contributed by atoms with E-state index in [9.17, 15) is 10.1 Å². The molecule has 0 unspecified atom stereocenters. The van der Waals surface area contributed by atoms with Gasteiger partial charge in [0.05, 0.1) is 5.02 Å². The van der Waals surface area contributed by atoms with Gasteiger partial charge in [-0.2, -0.15) is 5.26 Å². The summed E-state index contributed by atoms with van der Waals surface area (Å²) in [4.78, 5) is 18.0. The van der Waals surface area contributed by atoms with Crippen LogP contribution in [-0.2, 0) is 0 Å². The Labute approximate surface area is 182 Å². The number of nitrogens with zero attached hydrogens (tertiary/aromatic N) is 3. The highest BCUT2D eigenvalue weighted by Crippen LogP contribution is 2.34. The lowest BCUT2D eigenvalue weighted by atomic mass is 10.0. The summed E-state index contributed by atoms with van der Waals surface area (Å²) in [5.41, 5.74) is 0.913. The highest BCUT2D eigenvalue weighted by atomic mass is 35.5. The fourth-order valence-electron chi connectivity index (χ4n) is 4.16. The zero-order chi connectivity index (χ0) is 21.1. The van der Waals surface area contributed by atoms with Gasteiger partial charge < -0.3 is 14.5 Å². The molecule has 5 nitrogen and oxygen atoms in total. The molecule has 0 atom stereocenters. The minimum Gasteiger partial charge on any atom is -0.456 e. The van der Waals surface area contributed by atoms with Gasteiger partial charge in [-0.15, -0.1) is 0 Å². The average molecular weight is 424 g/mol. The number of halogens is 1. The number of carbonyl (C=O) groups excluding carboxylic acids is 1. The molecule has 2 fully saturated rings. The standard InChI is InChI=1S/C24H26ClN3O2/c1-2-27-13-11-19(12-14-27)28(18-9-10-18)24(29)17-5-3-6-20(15-17)30-23-8-4-7-22(25)21(23)16-26/h3-8,15,18-19H,2,9-14H2,1H3. The van der Waals surface area contributed by atoms with E-state index in [-0.39, 0.29) is 11.5 Å². The van der Waals surface area contributed by atoms with Gasteiger partial charge in [-0.05, 0) is 62.6 Å². The van der Waals surface area contributed by atoms with Crippen molar-refractivity contribution in [1.29, 1.82) is 5.26 Å². The quantitative estimate of drug-likeness (QED) is 0.649. The van der Waals surface area contributed by atoms with Crippen LogP contribution in [0.15, 0.2) is 42.5 Å². The molecule has 2 aromatic carbocycles. The van der Waals surface area contributed by atoms with Gasteiger partial charge in [0.25, 0.3) is 5.91 Å². The first-order chi connectivity index (χ1) is 14.6. The van der Waals surface area contributed by atoms with Crippen molar-refractivity contribution < 1.29 is 9.53 Å². The van der Waals surface area contributed by atoms with Crippen molar-refractivity contribution in [3.05, 3.63) is 58.6 Å². The number of hydrogen-bond acceptors (Lipinski definition) is 4. The van der Waals surface area contributed by atoms with Crippen LogP contribution in [-0.4, -0.2) is 47.4 Å². The molecule has 0 aromatic heterocycles. The second kappa shape index (κ2) is 9.07. The summed E-state index contributed by atoms with van der Waals surface area (Å²) in [7, 11) is 0. The maximum atomic E-state index is 13.4. The van der Waals surface area contributed by atoms with Crippen molar-refractivity contribution in [2.75, 3.05) is 19.6 Å². The number of hydrogen-bond donors (Lipinski definition) is 0. The van der Waals surface area contributed by atoms with Crippen molar-refractivity contribution in [2.45, 2.75) is 44.7 Å². The third-order valence-electron chi connectivity index (χ3n) is 5.97. The third-order valence-corrected chi connectivity index (χ3v) is 6.28. The first kappa shape index (κ1) is 20.7. The average Bonchev–Trinajstić information content (AvgIpc) is 3.60. The number of likely N-dealkylation sites (tertiary alicyclic amines) is 1. The van der Waals surface area contributed by atoms with Gasteiger partial charge in [-0.25, -0.2) is 0 Å². The fraction of sp³-hybridized carbons (Fsp3) is 0.417. The Kier molecular flexibility index (Phi) is 6.26. The molecule has 0 bridgehead atoms. The van der Waals surface area contributed by atoms with Crippen LogP contribution in [0.3, 0.4) is 0 Å². The number of benzene rings is 2. The van der Waals surface area contributed by atoms with Crippen LogP contribution in [0.25, 0.3) is 0 Å². The van der Waals surface area contributed by atoms with Crippen LogP contribution < -0.4 is 4.74 Å². The van der Waals surface area contributed by atoms with E-state index in [1.807, 2.05) is 12.1 Å². The summed E-state index contributed by atoms with van der Waals surface area (Å²) in [6, 6.07) is 15.1. The Bertz CT molecular complexity index is 959. The van der Waals surface area contributed by atoms with Gasteiger partial charge in [0.15, 0.2) is 0 Å².